The van der Waals surface area contributed by atoms with E-state index in [0.29, 0.717) is 12.5 Å². The zero-order valence-electron chi connectivity index (χ0n) is 18.8. The highest BCUT2D eigenvalue weighted by molar-refractivity contribution is 7.15. The highest BCUT2D eigenvalue weighted by atomic mass is 32.1. The van der Waals surface area contributed by atoms with Crippen molar-refractivity contribution in [3.63, 3.8) is 0 Å². The predicted molar refractivity (Wildman–Crippen MR) is 122 cm³/mol. The Morgan fingerprint density at radius 3 is 2.50 bits per heavy atom. The molecular weight excluding hydrogens is 467 g/mol. The van der Waals surface area contributed by atoms with Crippen molar-refractivity contribution in [2.45, 2.75) is 69.5 Å². The topological polar surface area (TPSA) is 65.9 Å². The molecule has 5 rings (SSSR count). The maximum absolute atomic E-state index is 12.7. The number of ether oxygens (including phenoxy) is 1. The van der Waals surface area contributed by atoms with Crippen LogP contribution in [-0.4, -0.2) is 69.9 Å². The van der Waals surface area contributed by atoms with Gasteiger partial charge < -0.3 is 19.6 Å². The number of amides is 1. The number of aromatic nitrogens is 1. The molecule has 1 saturated heterocycles. The molecule has 6 nitrogen and oxygen atoms in total. The highest BCUT2D eigenvalue weighted by Crippen LogP contribution is 2.35. The summed E-state index contributed by atoms with van der Waals surface area (Å²) in [6, 6.07) is 8.39. The second-order valence-corrected chi connectivity index (χ2v) is 10.4. The number of hydrogen-bond acceptors (Lipinski definition) is 6. The number of benzene rings is 1. The van der Waals surface area contributed by atoms with E-state index in [-0.39, 0.29) is 19.2 Å². The van der Waals surface area contributed by atoms with E-state index in [1.807, 2.05) is 24.3 Å². The zero-order valence-corrected chi connectivity index (χ0v) is 19.6. The van der Waals surface area contributed by atoms with Crippen molar-refractivity contribution < 1.29 is 27.8 Å². The number of aliphatic hydroxyl groups excluding tert-OH is 1. The van der Waals surface area contributed by atoms with Gasteiger partial charge in [0.15, 0.2) is 0 Å². The molecule has 1 N–H and O–H groups in total. The molecule has 3 aliphatic rings. The minimum absolute atomic E-state index is 0.0278. The molecule has 1 unspecified atom stereocenters. The molecule has 0 bridgehead atoms. The largest absolute Gasteiger partial charge is 0.490 e. The molecule has 2 fully saturated rings. The lowest BCUT2D eigenvalue weighted by molar-refractivity contribution is -0.211. The van der Waals surface area contributed by atoms with Crippen molar-refractivity contribution >= 4 is 17.2 Å². The first-order valence-corrected chi connectivity index (χ1v) is 12.6. The number of halogens is 3. The van der Waals surface area contributed by atoms with E-state index in [1.54, 1.807) is 0 Å². The second-order valence-electron chi connectivity index (χ2n) is 9.33. The van der Waals surface area contributed by atoms with Crippen LogP contribution in [0.2, 0.25) is 0 Å². The molecule has 1 aliphatic carbocycles. The minimum atomic E-state index is -4.96. The van der Waals surface area contributed by atoms with Crippen molar-refractivity contribution in [2.24, 2.45) is 0 Å². The van der Waals surface area contributed by atoms with Crippen molar-refractivity contribution in [3.05, 3.63) is 34.8 Å². The van der Waals surface area contributed by atoms with Crippen LogP contribution in [0, 0.1) is 0 Å². The Bertz CT molecular complexity index is 1010. The van der Waals surface area contributed by atoms with E-state index in [9.17, 15) is 23.1 Å². The summed E-state index contributed by atoms with van der Waals surface area (Å²) in [5.74, 6) is -0.488. The van der Waals surface area contributed by atoms with E-state index < -0.39 is 18.2 Å². The molecule has 2 aromatic rings. The van der Waals surface area contributed by atoms with Gasteiger partial charge in [-0.2, -0.15) is 13.2 Å². The van der Waals surface area contributed by atoms with Gasteiger partial charge in [0.1, 0.15) is 16.9 Å². The molecule has 1 amide bonds. The van der Waals surface area contributed by atoms with Crippen LogP contribution >= 0.6 is 11.3 Å². The summed E-state index contributed by atoms with van der Waals surface area (Å²) < 4.78 is 44.2. The van der Waals surface area contributed by atoms with Gasteiger partial charge in [-0.05, 0) is 50.2 Å². The quantitative estimate of drug-likeness (QED) is 0.679. The van der Waals surface area contributed by atoms with Gasteiger partial charge in [-0.15, -0.1) is 11.3 Å². The van der Waals surface area contributed by atoms with Gasteiger partial charge in [-0.3, -0.25) is 4.79 Å². The van der Waals surface area contributed by atoms with Gasteiger partial charge in [0, 0.05) is 42.3 Å². The molecule has 2 aliphatic heterocycles. The van der Waals surface area contributed by atoms with Crippen molar-refractivity contribution in [1.29, 1.82) is 0 Å². The van der Waals surface area contributed by atoms with Crippen molar-refractivity contribution in [3.8, 4) is 16.3 Å². The number of rotatable bonds is 5. The Morgan fingerprint density at radius 1 is 1.12 bits per heavy atom. The number of carbonyl (C=O) groups is 1. The van der Waals surface area contributed by atoms with E-state index in [4.69, 9.17) is 4.74 Å². The van der Waals surface area contributed by atoms with Crippen LogP contribution in [0.3, 0.4) is 0 Å². The number of fused-ring (bicyclic) bond motifs is 1. The first-order valence-electron chi connectivity index (χ1n) is 11.8. The minimum Gasteiger partial charge on any atom is -0.490 e. The summed E-state index contributed by atoms with van der Waals surface area (Å²) >= 11 is 1.37. The summed E-state index contributed by atoms with van der Waals surface area (Å²) in [4.78, 5) is 21.1. The van der Waals surface area contributed by atoms with Gasteiger partial charge in [0.25, 0.3) is 5.91 Å². The van der Waals surface area contributed by atoms with Crippen LogP contribution in [0.25, 0.3) is 10.6 Å². The number of piperidine rings is 1. The number of nitrogens with zero attached hydrogens (tertiary/aromatic N) is 3. The van der Waals surface area contributed by atoms with Gasteiger partial charge in [0.05, 0.1) is 12.2 Å². The number of hydrogen-bond donors (Lipinski definition) is 1. The van der Waals surface area contributed by atoms with Crippen LogP contribution in [-0.2, 0) is 17.8 Å². The van der Waals surface area contributed by atoms with E-state index >= 15 is 0 Å². The maximum Gasteiger partial charge on any atom is 0.423 e. The van der Waals surface area contributed by atoms with Crippen LogP contribution in [0.15, 0.2) is 24.3 Å². The van der Waals surface area contributed by atoms with Gasteiger partial charge in [0.2, 0.25) is 6.10 Å². The Labute approximate surface area is 200 Å². The number of thiazole rings is 1. The van der Waals surface area contributed by atoms with Crippen LogP contribution in [0.5, 0.6) is 5.75 Å². The normalized spacial score (nSPS) is 24.3. The molecule has 0 radical (unpaired) electrons. The van der Waals surface area contributed by atoms with Gasteiger partial charge >= 0.3 is 6.18 Å². The molecule has 1 aromatic carbocycles. The Hall–Kier alpha value is -2.17. The monoisotopic (exact) mass is 495 g/mol. The Kier molecular flexibility index (Phi) is 6.56. The number of aliphatic hydroxyl groups is 1. The molecule has 3 heterocycles. The maximum atomic E-state index is 12.7. The van der Waals surface area contributed by atoms with Crippen molar-refractivity contribution in [2.75, 3.05) is 19.6 Å². The first-order chi connectivity index (χ1) is 16.3. The van der Waals surface area contributed by atoms with Gasteiger partial charge in [-0.25, -0.2) is 4.98 Å². The van der Waals surface area contributed by atoms with Crippen LogP contribution < -0.4 is 4.74 Å². The first kappa shape index (κ1) is 23.6. The molecule has 10 heteroatoms. The van der Waals surface area contributed by atoms with Gasteiger partial charge in [-0.1, -0.05) is 6.42 Å². The summed E-state index contributed by atoms with van der Waals surface area (Å²) in [5, 5.41) is 10.0. The fourth-order valence-corrected chi connectivity index (χ4v) is 6.03. The predicted octanol–water partition coefficient (Wildman–Crippen LogP) is 4.01. The lowest BCUT2D eigenvalue weighted by atomic mass is 9.86. The average Bonchev–Trinajstić information content (AvgIpc) is 3.24. The Balaban J connectivity index is 1.17. The summed E-state index contributed by atoms with van der Waals surface area (Å²) in [5.41, 5.74) is 1.70. The number of alkyl halides is 3. The third-order valence-electron chi connectivity index (χ3n) is 6.97. The van der Waals surface area contributed by atoms with E-state index in [0.717, 1.165) is 44.6 Å². The second kappa shape index (κ2) is 9.47. The molecule has 0 spiro atoms. The van der Waals surface area contributed by atoms with Crippen molar-refractivity contribution in [1.82, 2.24) is 14.8 Å². The number of likely N-dealkylation sites (tertiary alicyclic amines) is 1. The summed E-state index contributed by atoms with van der Waals surface area (Å²) in [6.07, 6.45) is -1.26. The van der Waals surface area contributed by atoms with E-state index in [1.165, 1.54) is 43.7 Å². The molecular formula is C24H28F3N3O3S. The zero-order chi connectivity index (χ0) is 23.9. The standard InChI is InChI=1S/C24H28F3N3O3S/c25-24(26,27)21(31)23(32)30-11-8-19-20(14-30)34-22(28-19)15-4-6-17(7-5-15)33-18-12-16(13-18)29-9-2-1-3-10-29/h4-7,16,18,21,31H,1-3,8-14H2. The fourth-order valence-electron chi connectivity index (χ4n) is 4.90. The van der Waals surface area contributed by atoms with E-state index in [2.05, 4.69) is 9.88 Å². The lowest BCUT2D eigenvalue weighted by Crippen LogP contribution is -2.50. The highest BCUT2D eigenvalue weighted by Gasteiger charge is 2.46. The summed E-state index contributed by atoms with van der Waals surface area (Å²) in [7, 11) is 0. The SMILES string of the molecule is O=C(C(O)C(F)(F)F)N1CCc2nc(-c3ccc(OC4CC(N5CCCCC5)C4)cc3)sc2C1. The van der Waals surface area contributed by atoms with Crippen LogP contribution in [0.1, 0.15) is 42.7 Å². The summed E-state index contributed by atoms with van der Waals surface area (Å²) in [6.45, 7) is 2.55. The third kappa shape index (κ3) is 4.94. The molecule has 34 heavy (non-hydrogen) atoms. The molecule has 1 saturated carbocycles. The average molecular weight is 496 g/mol. The molecule has 184 valence electrons. The number of carbonyl (C=O) groups excluding carboxylic acids is 1. The molecule has 1 aromatic heterocycles. The fraction of sp³-hybridized carbons (Fsp3) is 0.583. The lowest BCUT2D eigenvalue weighted by Gasteiger charge is -2.44. The van der Waals surface area contributed by atoms with Crippen LogP contribution in [0.4, 0.5) is 13.2 Å². The Morgan fingerprint density at radius 2 is 1.82 bits per heavy atom. The smallest absolute Gasteiger partial charge is 0.423 e. The molecule has 1 atom stereocenters. The third-order valence-corrected chi connectivity index (χ3v) is 8.10.